The molecule has 0 saturated carbocycles. The lowest BCUT2D eigenvalue weighted by Crippen LogP contribution is -1.90. The molecule has 0 nitrogen and oxygen atoms in total. The van der Waals surface area contributed by atoms with Gasteiger partial charge in [-0.3, -0.25) is 0 Å². The SMILES string of the molecule is [CH2]P(C)CC(C)C. The van der Waals surface area contributed by atoms with E-state index in [-0.39, 0.29) is 7.92 Å². The maximum atomic E-state index is 3.94. The number of hydrogen-bond acceptors (Lipinski definition) is 0. The van der Waals surface area contributed by atoms with Gasteiger partial charge in [-0.25, -0.2) is 0 Å². The minimum absolute atomic E-state index is 0.110. The Hall–Kier alpha value is 0.430. The molecule has 0 aromatic rings. The van der Waals surface area contributed by atoms with Crippen molar-refractivity contribution in [3.63, 3.8) is 0 Å². The van der Waals surface area contributed by atoms with E-state index in [0.29, 0.717) is 0 Å². The third kappa shape index (κ3) is 6.43. The first-order chi connectivity index (χ1) is 3.13. The van der Waals surface area contributed by atoms with Crippen LogP contribution in [-0.2, 0) is 0 Å². The Morgan fingerprint density at radius 3 is 2.00 bits per heavy atom. The summed E-state index contributed by atoms with van der Waals surface area (Å²) in [4.78, 5) is 0. The lowest BCUT2D eigenvalue weighted by Gasteiger charge is -2.06. The first kappa shape index (κ1) is 7.43. The molecule has 0 heterocycles. The second-order valence-corrected chi connectivity index (χ2v) is 4.51. The fourth-order valence-electron chi connectivity index (χ4n) is 0.623. The monoisotopic (exact) mass is 117 g/mol. The van der Waals surface area contributed by atoms with E-state index in [2.05, 4.69) is 27.2 Å². The normalized spacial score (nSPS) is 11.1. The molecule has 0 bridgehead atoms. The second-order valence-electron chi connectivity index (χ2n) is 2.43. The van der Waals surface area contributed by atoms with Crippen LogP contribution in [-0.4, -0.2) is 12.8 Å². The number of rotatable bonds is 2. The van der Waals surface area contributed by atoms with Crippen molar-refractivity contribution >= 4 is 7.92 Å². The van der Waals surface area contributed by atoms with Crippen LogP contribution in [0.3, 0.4) is 0 Å². The quantitative estimate of drug-likeness (QED) is 0.487. The Morgan fingerprint density at radius 2 is 2.00 bits per heavy atom. The van der Waals surface area contributed by atoms with Gasteiger partial charge in [-0.15, -0.1) is 7.92 Å². The van der Waals surface area contributed by atoms with Crippen molar-refractivity contribution < 1.29 is 0 Å². The van der Waals surface area contributed by atoms with Gasteiger partial charge in [-0.05, 0) is 25.4 Å². The van der Waals surface area contributed by atoms with Crippen LogP contribution in [0.15, 0.2) is 0 Å². The van der Waals surface area contributed by atoms with Gasteiger partial charge in [-0.2, -0.15) is 0 Å². The topological polar surface area (TPSA) is 0 Å². The average Bonchev–Trinajstić information content (AvgIpc) is 1.27. The summed E-state index contributed by atoms with van der Waals surface area (Å²) in [5.41, 5.74) is 0. The van der Waals surface area contributed by atoms with Crippen molar-refractivity contribution in [2.45, 2.75) is 13.8 Å². The van der Waals surface area contributed by atoms with Crippen LogP contribution < -0.4 is 0 Å². The summed E-state index contributed by atoms with van der Waals surface area (Å²) in [5, 5.41) is 0. The molecule has 0 N–H and O–H groups in total. The van der Waals surface area contributed by atoms with Gasteiger partial charge in [-0.1, -0.05) is 13.8 Å². The molecule has 43 valence electrons. The van der Waals surface area contributed by atoms with Gasteiger partial charge < -0.3 is 0 Å². The van der Waals surface area contributed by atoms with E-state index in [1.165, 1.54) is 6.16 Å². The summed E-state index contributed by atoms with van der Waals surface area (Å²) in [5.74, 6) is 0.841. The van der Waals surface area contributed by atoms with Gasteiger partial charge in [0, 0.05) is 0 Å². The summed E-state index contributed by atoms with van der Waals surface area (Å²) in [6, 6.07) is 0. The molecule has 0 aromatic heterocycles. The predicted molar refractivity (Wildman–Crippen MR) is 37.9 cm³/mol. The van der Waals surface area contributed by atoms with E-state index in [9.17, 15) is 0 Å². The summed E-state index contributed by atoms with van der Waals surface area (Å²) < 4.78 is 0. The summed E-state index contributed by atoms with van der Waals surface area (Å²) >= 11 is 0. The smallest absolute Gasteiger partial charge is 0.0289 e. The van der Waals surface area contributed by atoms with E-state index < -0.39 is 0 Å². The highest BCUT2D eigenvalue weighted by molar-refractivity contribution is 7.58. The molecule has 1 heteroatoms. The van der Waals surface area contributed by atoms with Gasteiger partial charge in [0.1, 0.15) is 0 Å². The van der Waals surface area contributed by atoms with Crippen LogP contribution in [0.2, 0.25) is 0 Å². The highest BCUT2D eigenvalue weighted by Gasteiger charge is 1.95. The Labute approximate surface area is 48.1 Å². The van der Waals surface area contributed by atoms with E-state index in [1.54, 1.807) is 0 Å². The van der Waals surface area contributed by atoms with E-state index in [1.807, 2.05) is 0 Å². The molecule has 0 amide bonds. The van der Waals surface area contributed by atoms with Crippen molar-refractivity contribution in [2.75, 3.05) is 12.8 Å². The molecule has 0 rings (SSSR count). The zero-order chi connectivity index (χ0) is 5.86. The summed E-state index contributed by atoms with van der Waals surface area (Å²) in [6.45, 7) is 10.6. The molecule has 0 saturated heterocycles. The molecule has 1 radical (unpaired) electrons. The molecule has 0 fully saturated rings. The van der Waals surface area contributed by atoms with Crippen molar-refractivity contribution in [1.82, 2.24) is 0 Å². The molecular weight excluding hydrogens is 103 g/mol. The Balaban J connectivity index is 2.95. The minimum Gasteiger partial charge on any atom is -0.109 e. The third-order valence-electron chi connectivity index (χ3n) is 0.677. The predicted octanol–water partition coefficient (Wildman–Crippen LogP) is 2.55. The first-order valence-corrected chi connectivity index (χ1v) is 4.80. The molecular formula is C6H14P. The van der Waals surface area contributed by atoms with Crippen LogP contribution in [0, 0.1) is 12.6 Å². The van der Waals surface area contributed by atoms with Crippen LogP contribution >= 0.6 is 7.92 Å². The molecule has 0 aliphatic heterocycles. The fourth-order valence-corrected chi connectivity index (χ4v) is 1.87. The minimum atomic E-state index is 0.110. The van der Waals surface area contributed by atoms with Crippen LogP contribution in [0.25, 0.3) is 0 Å². The Bertz CT molecular complexity index is 33.4. The largest absolute Gasteiger partial charge is 0.109 e. The molecule has 1 unspecified atom stereocenters. The number of hydrogen-bond donors (Lipinski definition) is 0. The summed E-state index contributed by atoms with van der Waals surface area (Å²) in [7, 11) is 0.110. The van der Waals surface area contributed by atoms with Gasteiger partial charge in [0.2, 0.25) is 0 Å². The first-order valence-electron chi connectivity index (χ1n) is 2.64. The maximum absolute atomic E-state index is 3.94. The van der Waals surface area contributed by atoms with E-state index >= 15 is 0 Å². The average molecular weight is 117 g/mol. The molecule has 0 aromatic carbocycles. The van der Waals surface area contributed by atoms with E-state index in [0.717, 1.165) is 5.92 Å². The van der Waals surface area contributed by atoms with Crippen molar-refractivity contribution in [2.24, 2.45) is 5.92 Å². The van der Waals surface area contributed by atoms with Crippen LogP contribution in [0.1, 0.15) is 13.8 Å². The zero-order valence-electron chi connectivity index (χ0n) is 5.44. The van der Waals surface area contributed by atoms with Crippen molar-refractivity contribution in [1.29, 1.82) is 0 Å². The molecule has 0 aliphatic rings. The lowest BCUT2D eigenvalue weighted by molar-refractivity contribution is 0.746. The zero-order valence-corrected chi connectivity index (χ0v) is 6.33. The van der Waals surface area contributed by atoms with Gasteiger partial charge >= 0.3 is 0 Å². The fraction of sp³-hybridized carbons (Fsp3) is 0.833. The van der Waals surface area contributed by atoms with Gasteiger partial charge in [0.25, 0.3) is 0 Å². The standard InChI is InChI=1S/C6H14P/c1-6(2)5-7(3)4/h6H,3,5H2,1-2,4H3. The van der Waals surface area contributed by atoms with Crippen molar-refractivity contribution in [3.8, 4) is 0 Å². The Morgan fingerprint density at radius 1 is 1.57 bits per heavy atom. The summed E-state index contributed by atoms with van der Waals surface area (Å²) in [6.07, 6.45) is 1.31. The Kier molecular flexibility index (Phi) is 3.65. The third-order valence-corrected chi connectivity index (χ3v) is 2.03. The second kappa shape index (κ2) is 3.43. The molecule has 1 atom stereocenters. The molecule has 0 spiro atoms. The molecule has 0 aliphatic carbocycles. The lowest BCUT2D eigenvalue weighted by atomic mass is 10.3. The van der Waals surface area contributed by atoms with Crippen molar-refractivity contribution in [3.05, 3.63) is 6.66 Å². The van der Waals surface area contributed by atoms with Gasteiger partial charge in [0.15, 0.2) is 0 Å². The van der Waals surface area contributed by atoms with Crippen LogP contribution in [0.4, 0.5) is 0 Å². The maximum Gasteiger partial charge on any atom is -0.0289 e. The van der Waals surface area contributed by atoms with Gasteiger partial charge in [0.05, 0.1) is 0 Å². The molecule has 7 heavy (non-hydrogen) atoms. The van der Waals surface area contributed by atoms with E-state index in [4.69, 9.17) is 0 Å². The van der Waals surface area contributed by atoms with Crippen LogP contribution in [0.5, 0.6) is 0 Å². The highest BCUT2D eigenvalue weighted by Crippen LogP contribution is 2.29. The highest BCUT2D eigenvalue weighted by atomic mass is 31.1.